The number of nitrogens with zero attached hydrogens (tertiary/aromatic N) is 1. The molecule has 6 nitrogen and oxygen atoms in total. The molecule has 0 saturated heterocycles. The van der Waals surface area contributed by atoms with Gasteiger partial charge in [-0.15, -0.1) is 0 Å². The monoisotopic (exact) mass is 388 g/mol. The van der Waals surface area contributed by atoms with Gasteiger partial charge in [0.2, 0.25) is 0 Å². The van der Waals surface area contributed by atoms with E-state index in [1.54, 1.807) is 13.0 Å². The summed E-state index contributed by atoms with van der Waals surface area (Å²) in [4.78, 5) is 10.0. The average Bonchev–Trinajstić information content (AvgIpc) is 2.55. The molecule has 0 unspecified atom stereocenters. The summed E-state index contributed by atoms with van der Waals surface area (Å²) in [5.41, 5.74) is 3.38. The van der Waals surface area contributed by atoms with Gasteiger partial charge in [0.05, 0.1) is 10.5 Å². The molecule has 2 aromatic rings. The Morgan fingerprint density at radius 2 is 1.88 bits per heavy atom. The van der Waals surface area contributed by atoms with Crippen LogP contribution in [0.15, 0.2) is 36.4 Å². The quantitative estimate of drug-likeness (QED) is 0.312. The molecule has 2 aromatic carbocycles. The van der Waals surface area contributed by atoms with E-state index in [9.17, 15) is 27.7 Å². The minimum atomic E-state index is -4.71. The normalized spacial score (nSPS) is 11.0. The predicted molar refractivity (Wildman–Crippen MR) is 92.2 cm³/mol. The summed E-state index contributed by atoms with van der Waals surface area (Å²) in [6, 6.07) is 6.30. The molecule has 0 aliphatic rings. The van der Waals surface area contributed by atoms with Gasteiger partial charge in [0.1, 0.15) is 11.5 Å². The highest BCUT2D eigenvalue weighted by Crippen LogP contribution is 2.34. The van der Waals surface area contributed by atoms with E-state index in [0.29, 0.717) is 23.4 Å². The van der Waals surface area contributed by atoms with Crippen LogP contribution in [0.5, 0.6) is 0 Å². The van der Waals surface area contributed by atoms with Crippen LogP contribution >= 0.6 is 12.2 Å². The molecule has 0 fully saturated rings. The van der Waals surface area contributed by atoms with E-state index in [-0.39, 0.29) is 10.8 Å². The molecule has 0 atom stereocenters. The van der Waals surface area contributed by atoms with E-state index in [0.717, 1.165) is 6.07 Å². The van der Waals surface area contributed by atoms with Gasteiger partial charge in [-0.1, -0.05) is 6.07 Å². The minimum absolute atomic E-state index is 0.0672. The van der Waals surface area contributed by atoms with E-state index in [4.69, 9.17) is 12.2 Å². The maximum atomic E-state index is 13.5. The Labute approximate surface area is 150 Å². The highest BCUT2D eigenvalue weighted by atomic mass is 32.1. The summed E-state index contributed by atoms with van der Waals surface area (Å²) in [6.07, 6.45) is -4.71. The Kier molecular flexibility index (Phi) is 5.60. The number of thiocarbonyl (C=S) groups is 1. The SMILES string of the molecule is Cc1ccc(NC(=S)NNc2ccc(C(F)(F)F)cc2[N+](=O)[O-])cc1F. The molecule has 3 N–H and O–H groups in total. The molecule has 0 aromatic heterocycles. The second-order valence-electron chi connectivity index (χ2n) is 5.15. The molecular weight excluding hydrogens is 376 g/mol. The van der Waals surface area contributed by atoms with Gasteiger partial charge < -0.3 is 5.32 Å². The van der Waals surface area contributed by atoms with Gasteiger partial charge in [-0.2, -0.15) is 13.2 Å². The van der Waals surface area contributed by atoms with Gasteiger partial charge in [-0.3, -0.25) is 21.0 Å². The summed E-state index contributed by atoms with van der Waals surface area (Å²) >= 11 is 4.95. The Morgan fingerprint density at radius 1 is 1.19 bits per heavy atom. The number of nitrogens with one attached hydrogen (secondary N) is 3. The number of nitro benzene ring substituents is 1. The highest BCUT2D eigenvalue weighted by Gasteiger charge is 2.33. The Hall–Kier alpha value is -2.95. The molecule has 26 heavy (non-hydrogen) atoms. The van der Waals surface area contributed by atoms with Crippen LogP contribution in [0, 0.1) is 22.9 Å². The first-order chi connectivity index (χ1) is 12.1. The van der Waals surface area contributed by atoms with Crippen LogP contribution in [0.2, 0.25) is 0 Å². The summed E-state index contributed by atoms with van der Waals surface area (Å²) in [5, 5.41) is 13.6. The minimum Gasteiger partial charge on any atom is -0.331 e. The summed E-state index contributed by atoms with van der Waals surface area (Å²) in [6.45, 7) is 1.58. The third-order valence-corrected chi connectivity index (χ3v) is 3.47. The fraction of sp³-hybridized carbons (Fsp3) is 0.133. The van der Waals surface area contributed by atoms with Crippen molar-refractivity contribution in [1.82, 2.24) is 5.43 Å². The molecule has 0 heterocycles. The molecule has 0 aliphatic heterocycles. The lowest BCUT2D eigenvalue weighted by molar-refractivity contribution is -0.384. The van der Waals surface area contributed by atoms with Crippen molar-refractivity contribution < 1.29 is 22.5 Å². The number of hydrogen-bond acceptors (Lipinski definition) is 4. The summed E-state index contributed by atoms with van der Waals surface area (Å²) < 4.78 is 51.5. The maximum absolute atomic E-state index is 13.5. The Morgan fingerprint density at radius 3 is 2.46 bits per heavy atom. The van der Waals surface area contributed by atoms with E-state index >= 15 is 0 Å². The average molecular weight is 388 g/mol. The van der Waals surface area contributed by atoms with Gasteiger partial charge >= 0.3 is 6.18 Å². The van der Waals surface area contributed by atoms with Crippen molar-refractivity contribution in [3.8, 4) is 0 Å². The molecule has 0 amide bonds. The number of benzene rings is 2. The van der Waals surface area contributed by atoms with Crippen molar-refractivity contribution in [2.45, 2.75) is 13.1 Å². The largest absolute Gasteiger partial charge is 0.416 e. The standard InChI is InChI=1S/C15H12F4N4O2S/c1-8-2-4-10(7-11(8)16)20-14(26)22-21-12-5-3-9(15(17,18)19)6-13(12)23(24)25/h2-7,21H,1H3,(H2,20,22,26). The lowest BCUT2D eigenvalue weighted by Crippen LogP contribution is -2.33. The number of rotatable bonds is 4. The van der Waals surface area contributed by atoms with E-state index in [1.807, 2.05) is 0 Å². The van der Waals surface area contributed by atoms with Crippen LogP contribution in [-0.4, -0.2) is 10.0 Å². The molecule has 0 aliphatic carbocycles. The van der Waals surface area contributed by atoms with Crippen LogP contribution in [0.3, 0.4) is 0 Å². The Bertz CT molecular complexity index is 858. The van der Waals surface area contributed by atoms with Gasteiger partial charge in [0.15, 0.2) is 5.11 Å². The van der Waals surface area contributed by atoms with Crippen LogP contribution in [-0.2, 0) is 6.18 Å². The zero-order valence-corrected chi connectivity index (χ0v) is 14.0. The zero-order valence-electron chi connectivity index (χ0n) is 13.1. The first-order valence-corrected chi connectivity index (χ1v) is 7.43. The number of aryl methyl sites for hydroxylation is 1. The smallest absolute Gasteiger partial charge is 0.331 e. The van der Waals surface area contributed by atoms with Gasteiger partial charge in [0, 0.05) is 11.8 Å². The zero-order chi connectivity index (χ0) is 19.5. The highest BCUT2D eigenvalue weighted by molar-refractivity contribution is 7.80. The lowest BCUT2D eigenvalue weighted by Gasteiger charge is -2.14. The third kappa shape index (κ3) is 4.79. The van der Waals surface area contributed by atoms with Gasteiger partial charge in [-0.05, 0) is 49.0 Å². The van der Waals surface area contributed by atoms with E-state index in [1.165, 1.54) is 12.1 Å². The van der Waals surface area contributed by atoms with Crippen LogP contribution in [0.4, 0.5) is 34.6 Å². The second kappa shape index (κ2) is 7.52. The molecule has 138 valence electrons. The maximum Gasteiger partial charge on any atom is 0.416 e. The first kappa shape index (κ1) is 19.4. The Balaban J connectivity index is 2.09. The molecule has 0 spiro atoms. The summed E-state index contributed by atoms with van der Waals surface area (Å²) in [7, 11) is 0. The fourth-order valence-electron chi connectivity index (χ4n) is 1.92. The van der Waals surface area contributed by atoms with Crippen molar-refractivity contribution >= 4 is 34.4 Å². The number of halogens is 4. The molecule has 0 saturated carbocycles. The van der Waals surface area contributed by atoms with Crippen LogP contribution < -0.4 is 16.2 Å². The lowest BCUT2D eigenvalue weighted by atomic mass is 10.1. The number of alkyl halides is 3. The van der Waals surface area contributed by atoms with E-state index < -0.39 is 28.2 Å². The van der Waals surface area contributed by atoms with Crippen molar-refractivity contribution in [3.63, 3.8) is 0 Å². The summed E-state index contributed by atoms with van der Waals surface area (Å²) in [5.74, 6) is -0.455. The van der Waals surface area contributed by atoms with Crippen LogP contribution in [0.1, 0.15) is 11.1 Å². The number of hydrazine groups is 1. The number of anilines is 2. The number of hydrogen-bond donors (Lipinski definition) is 3. The molecule has 11 heteroatoms. The molecule has 2 rings (SSSR count). The van der Waals surface area contributed by atoms with Crippen molar-refractivity contribution in [2.24, 2.45) is 0 Å². The third-order valence-electron chi connectivity index (χ3n) is 3.26. The molecular formula is C15H12F4N4O2S. The van der Waals surface area contributed by atoms with Gasteiger partial charge in [0.25, 0.3) is 5.69 Å². The van der Waals surface area contributed by atoms with Gasteiger partial charge in [-0.25, -0.2) is 4.39 Å². The molecule has 0 bridgehead atoms. The van der Waals surface area contributed by atoms with E-state index in [2.05, 4.69) is 16.2 Å². The van der Waals surface area contributed by atoms with Crippen LogP contribution in [0.25, 0.3) is 0 Å². The second-order valence-corrected chi connectivity index (χ2v) is 5.56. The van der Waals surface area contributed by atoms with Crippen molar-refractivity contribution in [1.29, 1.82) is 0 Å². The molecule has 0 radical (unpaired) electrons. The first-order valence-electron chi connectivity index (χ1n) is 7.02. The van der Waals surface area contributed by atoms with Crippen molar-refractivity contribution in [2.75, 3.05) is 10.7 Å². The predicted octanol–water partition coefficient (Wildman–Crippen LogP) is 4.37. The van der Waals surface area contributed by atoms with Crippen molar-refractivity contribution in [3.05, 3.63) is 63.5 Å². The number of nitro groups is 1. The topological polar surface area (TPSA) is 79.2 Å². The fourth-order valence-corrected chi connectivity index (χ4v) is 2.09.